The van der Waals surface area contributed by atoms with Gasteiger partial charge in [-0.05, 0) is 42.5 Å². The molecular weight excluding hydrogens is 243 g/mol. The number of allylic oxidation sites excluding steroid dienone is 1. The molecule has 0 saturated heterocycles. The number of rotatable bonds is 4. The van der Waals surface area contributed by atoms with Crippen LogP contribution in [0.25, 0.3) is 0 Å². The maximum Gasteiger partial charge on any atom is 0.126 e. The summed E-state index contributed by atoms with van der Waals surface area (Å²) in [5, 5.41) is 0. The van der Waals surface area contributed by atoms with Crippen LogP contribution in [0.1, 0.15) is 31.2 Å². The van der Waals surface area contributed by atoms with Crippen molar-refractivity contribution in [3.63, 3.8) is 0 Å². The molecule has 0 aliphatic rings. The Bertz CT molecular complexity index is 320. The van der Waals surface area contributed by atoms with Crippen LogP contribution in [0, 0.1) is 5.82 Å². The molecule has 2 heteroatoms. The predicted molar refractivity (Wildman–Crippen MR) is 61.9 cm³/mol. The molecule has 0 radical (unpaired) electrons. The van der Waals surface area contributed by atoms with Crippen LogP contribution in [0.3, 0.4) is 0 Å². The number of halogens is 2. The first kappa shape index (κ1) is 11.4. The van der Waals surface area contributed by atoms with E-state index in [0.717, 1.165) is 22.9 Å². The standard InChI is InChI=1S/C12H14BrF/c1-3-5-9(4-2)11-8-10(13)6-7-12(11)14/h3,6-9H,1,4-5H2,2H3. The van der Waals surface area contributed by atoms with Gasteiger partial charge in [0.1, 0.15) is 5.82 Å². The Morgan fingerprint density at radius 2 is 2.29 bits per heavy atom. The van der Waals surface area contributed by atoms with Gasteiger partial charge >= 0.3 is 0 Å². The summed E-state index contributed by atoms with van der Waals surface area (Å²) in [4.78, 5) is 0. The lowest BCUT2D eigenvalue weighted by atomic mass is 9.93. The van der Waals surface area contributed by atoms with Gasteiger partial charge in [-0.25, -0.2) is 4.39 Å². The third-order valence-corrected chi connectivity index (χ3v) is 2.84. The summed E-state index contributed by atoms with van der Waals surface area (Å²) in [5.41, 5.74) is 0.779. The Kier molecular flexibility index (Phi) is 4.33. The summed E-state index contributed by atoms with van der Waals surface area (Å²) >= 11 is 3.35. The van der Waals surface area contributed by atoms with Gasteiger partial charge in [-0.3, -0.25) is 0 Å². The van der Waals surface area contributed by atoms with Crippen molar-refractivity contribution < 1.29 is 4.39 Å². The van der Waals surface area contributed by atoms with Gasteiger partial charge in [0.2, 0.25) is 0 Å². The van der Waals surface area contributed by atoms with Gasteiger partial charge in [-0.1, -0.05) is 28.9 Å². The van der Waals surface area contributed by atoms with Crippen LogP contribution in [0.5, 0.6) is 0 Å². The largest absolute Gasteiger partial charge is 0.207 e. The first-order chi connectivity index (χ1) is 6.69. The van der Waals surface area contributed by atoms with Gasteiger partial charge in [0.15, 0.2) is 0 Å². The summed E-state index contributed by atoms with van der Waals surface area (Å²) in [6.45, 7) is 5.76. The molecule has 0 fully saturated rings. The highest BCUT2D eigenvalue weighted by atomic mass is 79.9. The minimum atomic E-state index is -0.123. The van der Waals surface area contributed by atoms with Gasteiger partial charge in [0.25, 0.3) is 0 Å². The number of benzene rings is 1. The first-order valence-corrected chi connectivity index (χ1v) is 5.54. The Morgan fingerprint density at radius 1 is 1.57 bits per heavy atom. The fourth-order valence-corrected chi connectivity index (χ4v) is 1.92. The average Bonchev–Trinajstić information content (AvgIpc) is 2.18. The zero-order chi connectivity index (χ0) is 10.6. The van der Waals surface area contributed by atoms with Crippen LogP contribution in [-0.4, -0.2) is 0 Å². The van der Waals surface area contributed by atoms with E-state index >= 15 is 0 Å². The Balaban J connectivity index is 3.01. The number of hydrogen-bond acceptors (Lipinski definition) is 0. The average molecular weight is 257 g/mol. The molecule has 0 amide bonds. The Hall–Kier alpha value is -0.630. The van der Waals surface area contributed by atoms with Crippen LogP contribution < -0.4 is 0 Å². The zero-order valence-electron chi connectivity index (χ0n) is 8.26. The minimum absolute atomic E-state index is 0.123. The monoisotopic (exact) mass is 256 g/mol. The molecule has 1 atom stereocenters. The molecule has 0 bridgehead atoms. The van der Waals surface area contributed by atoms with E-state index in [2.05, 4.69) is 29.4 Å². The summed E-state index contributed by atoms with van der Waals surface area (Å²) in [7, 11) is 0. The quantitative estimate of drug-likeness (QED) is 0.688. The Morgan fingerprint density at radius 3 is 2.86 bits per heavy atom. The van der Waals surface area contributed by atoms with Crippen LogP contribution in [-0.2, 0) is 0 Å². The van der Waals surface area contributed by atoms with Gasteiger partial charge in [0, 0.05) is 4.47 Å². The van der Waals surface area contributed by atoms with Crippen molar-refractivity contribution in [2.75, 3.05) is 0 Å². The van der Waals surface area contributed by atoms with Gasteiger partial charge in [-0.15, -0.1) is 6.58 Å². The van der Waals surface area contributed by atoms with E-state index < -0.39 is 0 Å². The highest BCUT2D eigenvalue weighted by Gasteiger charge is 2.12. The lowest BCUT2D eigenvalue weighted by Gasteiger charge is -2.14. The van der Waals surface area contributed by atoms with Gasteiger partial charge in [-0.2, -0.15) is 0 Å². The third-order valence-electron chi connectivity index (χ3n) is 2.34. The number of hydrogen-bond donors (Lipinski definition) is 0. The first-order valence-electron chi connectivity index (χ1n) is 4.74. The van der Waals surface area contributed by atoms with Crippen LogP contribution in [0.2, 0.25) is 0 Å². The highest BCUT2D eigenvalue weighted by molar-refractivity contribution is 9.10. The maximum atomic E-state index is 13.5. The Labute approximate surface area is 93.0 Å². The summed E-state index contributed by atoms with van der Waals surface area (Å²) in [5.74, 6) is 0.118. The van der Waals surface area contributed by atoms with Crippen molar-refractivity contribution in [2.45, 2.75) is 25.7 Å². The third kappa shape index (κ3) is 2.68. The van der Waals surface area contributed by atoms with Crippen molar-refractivity contribution in [1.82, 2.24) is 0 Å². The van der Waals surface area contributed by atoms with Crippen molar-refractivity contribution in [1.29, 1.82) is 0 Å². The molecule has 0 spiro atoms. The smallest absolute Gasteiger partial charge is 0.126 e. The molecule has 0 N–H and O–H groups in total. The molecular formula is C12H14BrF. The molecule has 14 heavy (non-hydrogen) atoms. The molecule has 1 unspecified atom stereocenters. The minimum Gasteiger partial charge on any atom is -0.207 e. The normalized spacial score (nSPS) is 12.5. The van der Waals surface area contributed by atoms with E-state index in [4.69, 9.17) is 0 Å². The second-order valence-corrected chi connectivity index (χ2v) is 4.21. The molecule has 0 saturated carbocycles. The van der Waals surface area contributed by atoms with Crippen molar-refractivity contribution in [2.24, 2.45) is 0 Å². The molecule has 1 aromatic rings. The van der Waals surface area contributed by atoms with E-state index in [1.54, 1.807) is 6.07 Å². The van der Waals surface area contributed by atoms with Crippen LogP contribution in [0.15, 0.2) is 35.3 Å². The van der Waals surface area contributed by atoms with Crippen LogP contribution >= 0.6 is 15.9 Å². The summed E-state index contributed by atoms with van der Waals surface area (Å²) < 4.78 is 14.4. The summed E-state index contributed by atoms with van der Waals surface area (Å²) in [6, 6.07) is 5.08. The fraction of sp³-hybridized carbons (Fsp3) is 0.333. The maximum absolute atomic E-state index is 13.5. The predicted octanol–water partition coefficient (Wildman–Crippen LogP) is 4.66. The molecule has 0 aliphatic carbocycles. The SMILES string of the molecule is C=CCC(CC)c1cc(Br)ccc1F. The molecule has 0 heterocycles. The van der Waals surface area contributed by atoms with E-state index in [1.807, 2.05) is 12.1 Å². The van der Waals surface area contributed by atoms with Crippen molar-refractivity contribution in [3.8, 4) is 0 Å². The molecule has 1 aromatic carbocycles. The topological polar surface area (TPSA) is 0 Å². The van der Waals surface area contributed by atoms with Crippen molar-refractivity contribution in [3.05, 3.63) is 46.7 Å². The van der Waals surface area contributed by atoms with Gasteiger partial charge < -0.3 is 0 Å². The molecule has 0 nitrogen and oxygen atoms in total. The van der Waals surface area contributed by atoms with Crippen LogP contribution in [0.4, 0.5) is 4.39 Å². The second kappa shape index (κ2) is 5.30. The van der Waals surface area contributed by atoms with Gasteiger partial charge in [0.05, 0.1) is 0 Å². The van der Waals surface area contributed by atoms with E-state index in [-0.39, 0.29) is 11.7 Å². The molecule has 1 rings (SSSR count). The van der Waals surface area contributed by atoms with E-state index in [9.17, 15) is 4.39 Å². The van der Waals surface area contributed by atoms with E-state index in [0.29, 0.717) is 0 Å². The lowest BCUT2D eigenvalue weighted by molar-refractivity contribution is 0.569. The highest BCUT2D eigenvalue weighted by Crippen LogP contribution is 2.28. The molecule has 0 aromatic heterocycles. The van der Waals surface area contributed by atoms with E-state index in [1.165, 1.54) is 6.07 Å². The zero-order valence-corrected chi connectivity index (χ0v) is 9.85. The summed E-state index contributed by atoms with van der Waals surface area (Å²) in [6.07, 6.45) is 3.60. The van der Waals surface area contributed by atoms with Crippen molar-refractivity contribution >= 4 is 15.9 Å². The molecule has 76 valence electrons. The lowest BCUT2D eigenvalue weighted by Crippen LogP contribution is -1.99. The second-order valence-electron chi connectivity index (χ2n) is 3.30. The molecule has 0 aliphatic heterocycles. The fourth-order valence-electron chi connectivity index (χ4n) is 1.54.